The fourth-order valence-electron chi connectivity index (χ4n) is 3.77. The van der Waals surface area contributed by atoms with Gasteiger partial charge in [-0.2, -0.15) is 0 Å². The maximum atomic E-state index is 13.6. The molecule has 0 bridgehead atoms. The molecule has 2 amide bonds. The van der Waals surface area contributed by atoms with Crippen LogP contribution in [-0.2, 0) is 20.9 Å². The van der Waals surface area contributed by atoms with Gasteiger partial charge in [0.1, 0.15) is 17.5 Å². The Balaban J connectivity index is 1.88. The Hall–Kier alpha value is -3.55. The lowest BCUT2D eigenvalue weighted by Crippen LogP contribution is -2.45. The lowest BCUT2D eigenvalue weighted by Gasteiger charge is -2.31. The van der Waals surface area contributed by atoms with Crippen LogP contribution in [0.25, 0.3) is 0 Å². The second-order valence-electron chi connectivity index (χ2n) is 8.24. The molecule has 0 aliphatic carbocycles. The zero-order valence-corrected chi connectivity index (χ0v) is 21.9. The van der Waals surface area contributed by atoms with Crippen LogP contribution in [-0.4, -0.2) is 50.2 Å². The third kappa shape index (κ3) is 8.51. The second kappa shape index (κ2) is 14.9. The van der Waals surface area contributed by atoms with Gasteiger partial charge in [0.2, 0.25) is 5.91 Å². The third-order valence-electron chi connectivity index (χ3n) is 5.66. The second-order valence-corrected chi connectivity index (χ2v) is 8.65. The molecule has 37 heavy (non-hydrogen) atoms. The van der Waals surface area contributed by atoms with Gasteiger partial charge in [0.25, 0.3) is 5.91 Å². The number of carbonyl (C=O) groups is 2. The van der Waals surface area contributed by atoms with Gasteiger partial charge >= 0.3 is 0 Å². The van der Waals surface area contributed by atoms with Crippen LogP contribution in [0, 0.1) is 0 Å². The van der Waals surface area contributed by atoms with Gasteiger partial charge in [-0.1, -0.05) is 66.2 Å². The van der Waals surface area contributed by atoms with Gasteiger partial charge in [-0.25, -0.2) is 0 Å². The average molecular weight is 525 g/mol. The summed E-state index contributed by atoms with van der Waals surface area (Å²) in [6.45, 7) is 3.45. The molecule has 196 valence electrons. The molecule has 1 N–H and O–H groups in total. The number of amides is 2. The van der Waals surface area contributed by atoms with Crippen LogP contribution >= 0.6 is 11.6 Å². The maximum Gasteiger partial charge on any atom is 0.261 e. The van der Waals surface area contributed by atoms with Gasteiger partial charge in [0, 0.05) is 26.3 Å². The van der Waals surface area contributed by atoms with E-state index in [9.17, 15) is 9.59 Å². The van der Waals surface area contributed by atoms with E-state index in [2.05, 4.69) is 5.32 Å². The first-order chi connectivity index (χ1) is 18.0. The Kier molecular flexibility index (Phi) is 11.3. The van der Waals surface area contributed by atoms with Crippen molar-refractivity contribution >= 4 is 23.4 Å². The first-order valence-corrected chi connectivity index (χ1v) is 12.6. The van der Waals surface area contributed by atoms with Crippen molar-refractivity contribution in [3.8, 4) is 11.5 Å². The van der Waals surface area contributed by atoms with Crippen molar-refractivity contribution in [1.82, 2.24) is 10.2 Å². The number of ether oxygens (including phenoxy) is 3. The van der Waals surface area contributed by atoms with E-state index < -0.39 is 6.04 Å². The summed E-state index contributed by atoms with van der Waals surface area (Å²) in [5.41, 5.74) is 1.54. The molecule has 7 nitrogen and oxygen atoms in total. The minimum atomic E-state index is -0.863. The molecule has 3 rings (SSSR count). The number of hydrogen-bond acceptors (Lipinski definition) is 5. The lowest BCUT2D eigenvalue weighted by molar-refractivity contribution is -0.143. The van der Waals surface area contributed by atoms with Crippen LogP contribution in [0.4, 0.5) is 0 Å². The number of hydrogen-bond donors (Lipinski definition) is 1. The molecule has 0 saturated heterocycles. The van der Waals surface area contributed by atoms with Crippen molar-refractivity contribution in [1.29, 1.82) is 0 Å². The van der Waals surface area contributed by atoms with E-state index in [1.54, 1.807) is 31.4 Å². The molecule has 0 aromatic heterocycles. The predicted octanol–water partition coefficient (Wildman–Crippen LogP) is 5.04. The normalized spacial score (nSPS) is 11.4. The molecule has 8 heteroatoms. The van der Waals surface area contributed by atoms with Gasteiger partial charge in [0.05, 0.1) is 12.1 Å². The predicted molar refractivity (Wildman–Crippen MR) is 144 cm³/mol. The molecule has 0 aliphatic heterocycles. The largest absolute Gasteiger partial charge is 0.497 e. The summed E-state index contributed by atoms with van der Waals surface area (Å²) in [5.74, 6) is 0.477. The molecule has 0 aliphatic rings. The topological polar surface area (TPSA) is 77.1 Å². The first kappa shape index (κ1) is 28.0. The van der Waals surface area contributed by atoms with Crippen LogP contribution in [0.1, 0.15) is 30.5 Å². The molecule has 3 aromatic rings. The van der Waals surface area contributed by atoms with Gasteiger partial charge in [-0.05, 0) is 48.7 Å². The third-order valence-corrected chi connectivity index (χ3v) is 5.98. The van der Waals surface area contributed by atoms with E-state index in [0.717, 1.165) is 5.56 Å². The summed E-state index contributed by atoms with van der Waals surface area (Å²) in [6, 6.07) is 22.7. The molecular weight excluding hydrogens is 492 g/mol. The zero-order chi connectivity index (χ0) is 26.5. The Morgan fingerprint density at radius 3 is 2.35 bits per heavy atom. The van der Waals surface area contributed by atoms with Crippen LogP contribution in [0.5, 0.6) is 11.5 Å². The first-order valence-electron chi connectivity index (χ1n) is 12.2. The van der Waals surface area contributed by atoms with E-state index in [0.29, 0.717) is 48.3 Å². The van der Waals surface area contributed by atoms with E-state index >= 15 is 0 Å². The van der Waals surface area contributed by atoms with Crippen molar-refractivity contribution in [2.24, 2.45) is 0 Å². The highest BCUT2D eigenvalue weighted by atomic mass is 35.5. The van der Waals surface area contributed by atoms with Crippen LogP contribution in [0.2, 0.25) is 5.02 Å². The van der Waals surface area contributed by atoms with E-state index in [4.69, 9.17) is 25.8 Å². The highest BCUT2D eigenvalue weighted by Gasteiger charge is 2.31. The summed E-state index contributed by atoms with van der Waals surface area (Å²) >= 11 is 6.21. The van der Waals surface area contributed by atoms with Gasteiger partial charge < -0.3 is 24.4 Å². The van der Waals surface area contributed by atoms with Crippen molar-refractivity contribution in [2.75, 3.05) is 33.5 Å². The van der Waals surface area contributed by atoms with E-state index in [1.807, 2.05) is 61.5 Å². The van der Waals surface area contributed by atoms with Gasteiger partial charge in [-0.15, -0.1) is 0 Å². The van der Waals surface area contributed by atoms with Crippen LogP contribution in [0.3, 0.4) is 0 Å². The van der Waals surface area contributed by atoms with Crippen molar-refractivity contribution < 1.29 is 23.8 Å². The number of nitrogens with zero attached hydrogens (tertiary/aromatic N) is 1. The molecule has 0 fully saturated rings. The van der Waals surface area contributed by atoms with Gasteiger partial charge in [0.15, 0.2) is 6.61 Å². The standard InChI is InChI=1S/C29H33ClN2O5/c1-3-36-19-9-18-31-29(34)28(23-10-5-4-6-11-23)32(20-22-14-16-24(35-2)17-15-22)27(33)21-37-26-13-8-7-12-25(26)30/h4-8,10-17,28H,3,9,18-21H2,1-2H3,(H,31,34). The molecule has 0 saturated carbocycles. The van der Waals surface area contributed by atoms with Crippen molar-refractivity contribution in [3.63, 3.8) is 0 Å². The number of para-hydroxylation sites is 1. The summed E-state index contributed by atoms with van der Waals surface area (Å²) < 4.78 is 16.4. The Morgan fingerprint density at radius 2 is 1.68 bits per heavy atom. The Labute approximate surface area is 223 Å². The van der Waals surface area contributed by atoms with Gasteiger partial charge in [-0.3, -0.25) is 9.59 Å². The number of nitrogens with one attached hydrogen (secondary N) is 1. The number of halogens is 1. The summed E-state index contributed by atoms with van der Waals surface area (Å²) in [4.78, 5) is 28.7. The smallest absolute Gasteiger partial charge is 0.261 e. The highest BCUT2D eigenvalue weighted by Crippen LogP contribution is 2.26. The Bertz CT molecular complexity index is 1120. The highest BCUT2D eigenvalue weighted by molar-refractivity contribution is 6.32. The number of rotatable bonds is 14. The molecule has 1 atom stereocenters. The zero-order valence-electron chi connectivity index (χ0n) is 21.2. The number of benzene rings is 3. The molecule has 0 radical (unpaired) electrons. The lowest BCUT2D eigenvalue weighted by atomic mass is 10.0. The number of methoxy groups -OCH3 is 1. The summed E-state index contributed by atoms with van der Waals surface area (Å²) in [7, 11) is 1.60. The van der Waals surface area contributed by atoms with E-state index in [1.165, 1.54) is 4.90 Å². The SMILES string of the molecule is CCOCCCNC(=O)C(c1ccccc1)N(Cc1ccc(OC)cc1)C(=O)COc1ccccc1Cl. The monoisotopic (exact) mass is 524 g/mol. The quantitative estimate of drug-likeness (QED) is 0.299. The fourth-order valence-corrected chi connectivity index (χ4v) is 3.96. The Morgan fingerprint density at radius 1 is 0.973 bits per heavy atom. The molecule has 0 heterocycles. The summed E-state index contributed by atoms with van der Waals surface area (Å²) in [5, 5.41) is 3.37. The fraction of sp³-hybridized carbons (Fsp3) is 0.310. The minimum absolute atomic E-state index is 0.195. The molecule has 0 spiro atoms. The summed E-state index contributed by atoms with van der Waals surface area (Å²) in [6.07, 6.45) is 0.670. The van der Waals surface area contributed by atoms with Crippen molar-refractivity contribution in [3.05, 3.63) is 95.0 Å². The van der Waals surface area contributed by atoms with Crippen LogP contribution < -0.4 is 14.8 Å². The van der Waals surface area contributed by atoms with Crippen molar-refractivity contribution in [2.45, 2.75) is 25.9 Å². The van der Waals surface area contributed by atoms with Crippen LogP contribution in [0.15, 0.2) is 78.9 Å². The minimum Gasteiger partial charge on any atom is -0.497 e. The molecule has 1 unspecified atom stereocenters. The van der Waals surface area contributed by atoms with E-state index in [-0.39, 0.29) is 25.0 Å². The molecular formula is C29H33ClN2O5. The maximum absolute atomic E-state index is 13.6. The average Bonchev–Trinajstić information content (AvgIpc) is 2.93. The number of carbonyl (C=O) groups excluding carboxylic acids is 2. The molecule has 3 aromatic carbocycles.